The van der Waals surface area contributed by atoms with Crippen LogP contribution in [0.2, 0.25) is 0 Å². The third-order valence-electron chi connectivity index (χ3n) is 3.86. The summed E-state index contributed by atoms with van der Waals surface area (Å²) in [5.74, 6) is 0.863. The van der Waals surface area contributed by atoms with E-state index in [0.717, 1.165) is 32.4 Å². The third kappa shape index (κ3) is 1.47. The predicted molar refractivity (Wildman–Crippen MR) is 53.9 cm³/mol. The van der Waals surface area contributed by atoms with E-state index in [0.29, 0.717) is 12.5 Å². The molecule has 15 heavy (non-hydrogen) atoms. The molecule has 0 aromatic carbocycles. The fraction of sp³-hybridized carbons (Fsp3) is 0.818. The fourth-order valence-corrected chi connectivity index (χ4v) is 2.75. The molecule has 82 valence electrons. The number of rotatable bonds is 2. The van der Waals surface area contributed by atoms with Crippen molar-refractivity contribution >= 4 is 11.8 Å². The summed E-state index contributed by atoms with van der Waals surface area (Å²) >= 11 is 0. The van der Waals surface area contributed by atoms with Gasteiger partial charge >= 0.3 is 0 Å². The number of nitrogens with one attached hydrogen (secondary N) is 1. The van der Waals surface area contributed by atoms with Gasteiger partial charge in [0.2, 0.25) is 11.8 Å². The van der Waals surface area contributed by atoms with Crippen molar-refractivity contribution in [2.75, 3.05) is 19.6 Å². The monoisotopic (exact) mass is 208 g/mol. The van der Waals surface area contributed by atoms with Crippen LogP contribution in [0.15, 0.2) is 0 Å². The number of piperidine rings is 2. The largest absolute Gasteiger partial charge is 0.317 e. The number of imide groups is 1. The Bertz CT molecular complexity index is 290. The first-order chi connectivity index (χ1) is 7.27. The van der Waals surface area contributed by atoms with E-state index < -0.39 is 0 Å². The van der Waals surface area contributed by atoms with Crippen molar-refractivity contribution in [2.45, 2.75) is 19.3 Å². The van der Waals surface area contributed by atoms with Crippen LogP contribution < -0.4 is 5.32 Å². The molecule has 2 saturated heterocycles. The molecule has 0 radical (unpaired) electrons. The highest BCUT2D eigenvalue weighted by Crippen LogP contribution is 2.47. The number of hydrogen-bond donors (Lipinski definition) is 1. The molecule has 0 aromatic rings. The van der Waals surface area contributed by atoms with Gasteiger partial charge in [-0.05, 0) is 38.3 Å². The Balaban J connectivity index is 1.63. The van der Waals surface area contributed by atoms with E-state index in [-0.39, 0.29) is 23.7 Å². The Kier molecular flexibility index (Phi) is 2.06. The maximum Gasteiger partial charge on any atom is 0.233 e. The van der Waals surface area contributed by atoms with Gasteiger partial charge < -0.3 is 5.32 Å². The molecular weight excluding hydrogens is 192 g/mol. The number of hydrogen-bond acceptors (Lipinski definition) is 3. The minimum atomic E-state index is 0.0687. The highest BCUT2D eigenvalue weighted by molar-refractivity contribution is 6.08. The molecule has 1 N–H and O–H groups in total. The zero-order chi connectivity index (χ0) is 10.4. The molecular formula is C11H16N2O2. The Morgan fingerprint density at radius 2 is 1.73 bits per heavy atom. The van der Waals surface area contributed by atoms with Crippen LogP contribution >= 0.6 is 0 Å². The van der Waals surface area contributed by atoms with Crippen molar-refractivity contribution in [3.05, 3.63) is 0 Å². The second-order valence-electron chi connectivity index (χ2n) is 4.93. The lowest BCUT2D eigenvalue weighted by Gasteiger charge is -2.27. The van der Waals surface area contributed by atoms with E-state index in [4.69, 9.17) is 0 Å². The molecule has 3 aliphatic rings. The van der Waals surface area contributed by atoms with E-state index in [1.807, 2.05) is 0 Å². The minimum Gasteiger partial charge on any atom is -0.317 e. The molecule has 2 atom stereocenters. The average Bonchev–Trinajstić information content (AvgIpc) is 3.01. The molecule has 2 unspecified atom stereocenters. The molecule has 2 amide bonds. The molecule has 0 aromatic heterocycles. The molecule has 1 aliphatic carbocycles. The Hall–Kier alpha value is -0.900. The van der Waals surface area contributed by atoms with Gasteiger partial charge in [0.05, 0.1) is 11.8 Å². The van der Waals surface area contributed by atoms with Crippen LogP contribution in [-0.4, -0.2) is 36.3 Å². The summed E-state index contributed by atoms with van der Waals surface area (Å²) in [6.45, 7) is 2.72. The lowest BCUT2D eigenvalue weighted by Crippen LogP contribution is -2.40. The van der Waals surface area contributed by atoms with Crippen LogP contribution in [0, 0.1) is 17.8 Å². The van der Waals surface area contributed by atoms with E-state index in [1.54, 1.807) is 0 Å². The van der Waals surface area contributed by atoms with Crippen molar-refractivity contribution in [3.63, 3.8) is 0 Å². The lowest BCUT2D eigenvalue weighted by molar-refractivity contribution is -0.142. The van der Waals surface area contributed by atoms with Crippen molar-refractivity contribution in [1.82, 2.24) is 10.2 Å². The summed E-state index contributed by atoms with van der Waals surface area (Å²) < 4.78 is 0. The lowest BCUT2D eigenvalue weighted by atomic mass is 9.97. The van der Waals surface area contributed by atoms with Crippen molar-refractivity contribution in [1.29, 1.82) is 0 Å². The van der Waals surface area contributed by atoms with Gasteiger partial charge in [0.1, 0.15) is 0 Å². The maximum atomic E-state index is 11.7. The minimum absolute atomic E-state index is 0.0687. The van der Waals surface area contributed by atoms with Gasteiger partial charge in [0, 0.05) is 6.54 Å². The molecule has 3 rings (SSSR count). The first kappa shape index (κ1) is 9.33. The number of fused-ring (bicyclic) bond motifs is 1. The van der Waals surface area contributed by atoms with Gasteiger partial charge in [-0.1, -0.05) is 0 Å². The third-order valence-corrected chi connectivity index (χ3v) is 3.86. The first-order valence-electron chi connectivity index (χ1n) is 5.83. The number of likely N-dealkylation sites (tertiary alicyclic amines) is 1. The van der Waals surface area contributed by atoms with Gasteiger partial charge in [0.15, 0.2) is 0 Å². The highest BCUT2D eigenvalue weighted by atomic mass is 16.2. The smallest absolute Gasteiger partial charge is 0.233 e. The van der Waals surface area contributed by atoms with Gasteiger partial charge in [-0.15, -0.1) is 0 Å². The number of amides is 2. The van der Waals surface area contributed by atoms with Crippen molar-refractivity contribution in [2.24, 2.45) is 17.8 Å². The van der Waals surface area contributed by atoms with Crippen LogP contribution in [-0.2, 0) is 9.59 Å². The molecule has 2 aliphatic heterocycles. The maximum absolute atomic E-state index is 11.7. The summed E-state index contributed by atoms with van der Waals surface area (Å²) in [7, 11) is 0. The predicted octanol–water partition coefficient (Wildman–Crippen LogP) is -0.00910. The van der Waals surface area contributed by atoms with Gasteiger partial charge in [-0.25, -0.2) is 0 Å². The molecule has 4 heteroatoms. The van der Waals surface area contributed by atoms with Gasteiger partial charge in [0.25, 0.3) is 0 Å². The Morgan fingerprint density at radius 3 is 2.33 bits per heavy atom. The van der Waals surface area contributed by atoms with Crippen LogP contribution in [0.3, 0.4) is 0 Å². The zero-order valence-corrected chi connectivity index (χ0v) is 8.74. The normalized spacial score (nSPS) is 35.9. The molecule has 1 saturated carbocycles. The molecule has 4 nitrogen and oxygen atoms in total. The van der Waals surface area contributed by atoms with E-state index in [1.165, 1.54) is 4.90 Å². The summed E-state index contributed by atoms with van der Waals surface area (Å²) in [5, 5.41) is 3.29. The molecule has 2 heterocycles. The average molecular weight is 208 g/mol. The SMILES string of the molecule is O=C1C2CC2C(=O)N1CC1CCNCC1. The topological polar surface area (TPSA) is 49.4 Å². The highest BCUT2D eigenvalue weighted by Gasteiger charge is 2.58. The molecule has 0 spiro atoms. The van der Waals surface area contributed by atoms with E-state index >= 15 is 0 Å². The van der Waals surface area contributed by atoms with E-state index in [2.05, 4.69) is 5.32 Å². The van der Waals surface area contributed by atoms with Crippen LogP contribution in [0.5, 0.6) is 0 Å². The Morgan fingerprint density at radius 1 is 1.13 bits per heavy atom. The standard InChI is InChI=1S/C11H16N2O2/c14-10-8-5-9(8)11(15)13(10)6-7-1-3-12-4-2-7/h7-9,12H,1-6H2. The summed E-state index contributed by atoms with van der Waals surface area (Å²) in [5.41, 5.74) is 0. The van der Waals surface area contributed by atoms with Crippen molar-refractivity contribution < 1.29 is 9.59 Å². The fourth-order valence-electron chi connectivity index (χ4n) is 2.75. The number of nitrogens with zero attached hydrogens (tertiary/aromatic N) is 1. The quantitative estimate of drug-likeness (QED) is 0.649. The van der Waals surface area contributed by atoms with Crippen LogP contribution in [0.1, 0.15) is 19.3 Å². The number of carbonyl (C=O) groups excluding carboxylic acids is 2. The second-order valence-corrected chi connectivity index (χ2v) is 4.93. The Labute approximate surface area is 89.0 Å². The summed E-state index contributed by atoms with van der Waals surface area (Å²) in [4.78, 5) is 25.0. The van der Waals surface area contributed by atoms with E-state index in [9.17, 15) is 9.59 Å². The summed E-state index contributed by atoms with van der Waals surface area (Å²) in [6, 6.07) is 0. The van der Waals surface area contributed by atoms with Crippen LogP contribution in [0.4, 0.5) is 0 Å². The van der Waals surface area contributed by atoms with Gasteiger partial charge in [-0.3, -0.25) is 14.5 Å². The second kappa shape index (κ2) is 3.30. The summed E-state index contributed by atoms with van der Waals surface area (Å²) in [6.07, 6.45) is 3.00. The first-order valence-corrected chi connectivity index (χ1v) is 5.83. The number of carbonyl (C=O) groups is 2. The molecule has 0 bridgehead atoms. The van der Waals surface area contributed by atoms with Gasteiger partial charge in [-0.2, -0.15) is 0 Å². The van der Waals surface area contributed by atoms with Crippen molar-refractivity contribution in [3.8, 4) is 0 Å². The van der Waals surface area contributed by atoms with Crippen LogP contribution in [0.25, 0.3) is 0 Å². The molecule has 3 fully saturated rings. The zero-order valence-electron chi connectivity index (χ0n) is 8.74.